The second-order valence-electron chi connectivity index (χ2n) is 4.89. The highest BCUT2D eigenvalue weighted by atomic mass is 19.4. The van der Waals surface area contributed by atoms with Crippen LogP contribution < -0.4 is 5.32 Å². The summed E-state index contributed by atoms with van der Waals surface area (Å²) in [6.45, 7) is 12.2. The molecule has 0 aromatic heterocycles. The first-order valence-electron chi connectivity index (χ1n) is 7.77. The van der Waals surface area contributed by atoms with Crippen LogP contribution in [0.3, 0.4) is 0 Å². The number of alkyl halides is 3. The standard InChI is InChI=1S/C12H16F3NO.C3H8.C2H6/c1-8-3-10(7-16-6-9(2)17)5-11(4-8)12(13,14)15;1-3-2;1-2/h3-5,9,16-17H,6-7H2,1-2H3;3H2,1-2H3;1-2H3/t9-;;/m1../s1. The summed E-state index contributed by atoms with van der Waals surface area (Å²) in [7, 11) is 0. The molecule has 0 amide bonds. The van der Waals surface area contributed by atoms with E-state index in [-0.39, 0.29) is 0 Å². The molecule has 0 spiro atoms. The van der Waals surface area contributed by atoms with Crippen molar-refractivity contribution >= 4 is 0 Å². The highest BCUT2D eigenvalue weighted by Gasteiger charge is 2.30. The van der Waals surface area contributed by atoms with Crippen molar-refractivity contribution < 1.29 is 18.3 Å². The first kappa shape index (κ1) is 23.2. The Kier molecular flexibility index (Phi) is 13.2. The number of hydrogen-bond acceptors (Lipinski definition) is 2. The van der Waals surface area contributed by atoms with E-state index >= 15 is 0 Å². The molecule has 1 atom stereocenters. The molecule has 0 aliphatic rings. The van der Waals surface area contributed by atoms with Crippen molar-refractivity contribution in [3.8, 4) is 0 Å². The lowest BCUT2D eigenvalue weighted by molar-refractivity contribution is -0.137. The number of rotatable bonds is 4. The highest BCUT2D eigenvalue weighted by molar-refractivity contribution is 5.31. The average molecular weight is 321 g/mol. The molecule has 0 unspecified atom stereocenters. The number of aryl methyl sites for hydroxylation is 1. The molecule has 0 fully saturated rings. The zero-order chi connectivity index (χ0) is 17.8. The van der Waals surface area contributed by atoms with Gasteiger partial charge in [-0.05, 0) is 31.5 Å². The van der Waals surface area contributed by atoms with Gasteiger partial charge in [0.2, 0.25) is 0 Å². The van der Waals surface area contributed by atoms with Gasteiger partial charge in [0.1, 0.15) is 0 Å². The number of aliphatic hydroxyl groups excluding tert-OH is 1. The van der Waals surface area contributed by atoms with E-state index in [1.54, 1.807) is 19.9 Å². The minimum absolute atomic E-state index is 0.315. The Morgan fingerprint density at radius 3 is 2.05 bits per heavy atom. The smallest absolute Gasteiger partial charge is 0.392 e. The summed E-state index contributed by atoms with van der Waals surface area (Å²) in [4.78, 5) is 0. The van der Waals surface area contributed by atoms with Crippen LogP contribution in [0.4, 0.5) is 13.2 Å². The summed E-state index contributed by atoms with van der Waals surface area (Å²) in [6, 6.07) is 3.95. The van der Waals surface area contributed by atoms with Crippen molar-refractivity contribution in [3.63, 3.8) is 0 Å². The second kappa shape index (κ2) is 12.5. The first-order chi connectivity index (χ1) is 10.2. The first-order valence-corrected chi connectivity index (χ1v) is 7.77. The Balaban J connectivity index is 0. The normalized spacial score (nSPS) is 11.7. The van der Waals surface area contributed by atoms with Crippen LogP contribution in [0.25, 0.3) is 0 Å². The van der Waals surface area contributed by atoms with Crippen molar-refractivity contribution in [1.29, 1.82) is 0 Å². The van der Waals surface area contributed by atoms with Crippen LogP contribution in [-0.4, -0.2) is 17.8 Å². The quantitative estimate of drug-likeness (QED) is 0.824. The Hall–Kier alpha value is -1.07. The zero-order valence-corrected chi connectivity index (χ0v) is 14.5. The van der Waals surface area contributed by atoms with Crippen molar-refractivity contribution in [3.05, 3.63) is 34.9 Å². The molecule has 130 valence electrons. The lowest BCUT2D eigenvalue weighted by Crippen LogP contribution is -2.24. The maximum absolute atomic E-state index is 12.5. The van der Waals surface area contributed by atoms with Crippen LogP contribution in [0, 0.1) is 6.92 Å². The maximum Gasteiger partial charge on any atom is 0.416 e. The van der Waals surface area contributed by atoms with Gasteiger partial charge in [-0.15, -0.1) is 0 Å². The largest absolute Gasteiger partial charge is 0.416 e. The fraction of sp³-hybridized carbons (Fsp3) is 0.647. The molecule has 0 heterocycles. The fourth-order valence-electron chi connectivity index (χ4n) is 1.55. The molecule has 1 aromatic carbocycles. The molecule has 2 nitrogen and oxygen atoms in total. The Labute approximate surface area is 132 Å². The van der Waals surface area contributed by atoms with E-state index in [1.807, 2.05) is 13.8 Å². The van der Waals surface area contributed by atoms with Crippen molar-refractivity contribution in [1.82, 2.24) is 5.32 Å². The average Bonchev–Trinajstić information content (AvgIpc) is 2.40. The van der Waals surface area contributed by atoms with Gasteiger partial charge in [0.15, 0.2) is 0 Å². The number of aliphatic hydroxyl groups is 1. The number of halogens is 3. The minimum atomic E-state index is -4.31. The van der Waals surface area contributed by atoms with Crippen LogP contribution >= 0.6 is 0 Å². The van der Waals surface area contributed by atoms with Gasteiger partial charge < -0.3 is 10.4 Å². The monoisotopic (exact) mass is 321 g/mol. The lowest BCUT2D eigenvalue weighted by atomic mass is 10.1. The van der Waals surface area contributed by atoms with Crippen molar-refractivity contribution in [2.75, 3.05) is 6.54 Å². The van der Waals surface area contributed by atoms with Crippen molar-refractivity contribution in [2.24, 2.45) is 0 Å². The van der Waals surface area contributed by atoms with Gasteiger partial charge in [0.05, 0.1) is 11.7 Å². The van der Waals surface area contributed by atoms with Crippen LogP contribution in [-0.2, 0) is 12.7 Å². The molecule has 5 heteroatoms. The predicted molar refractivity (Wildman–Crippen MR) is 86.9 cm³/mol. The molecule has 0 saturated carbocycles. The topological polar surface area (TPSA) is 32.3 Å². The van der Waals surface area contributed by atoms with Gasteiger partial charge in [0.25, 0.3) is 0 Å². The molecule has 2 N–H and O–H groups in total. The highest BCUT2D eigenvalue weighted by Crippen LogP contribution is 2.30. The molecule has 0 bridgehead atoms. The Bertz CT molecular complexity index is 390. The molecule has 0 saturated heterocycles. The fourth-order valence-corrected chi connectivity index (χ4v) is 1.55. The molecule has 1 rings (SSSR count). The van der Waals surface area contributed by atoms with Gasteiger partial charge >= 0.3 is 6.18 Å². The van der Waals surface area contributed by atoms with Crippen LogP contribution in [0.5, 0.6) is 0 Å². The third kappa shape index (κ3) is 11.6. The number of hydrogen-bond donors (Lipinski definition) is 2. The Morgan fingerprint density at radius 2 is 1.64 bits per heavy atom. The summed E-state index contributed by atoms with van der Waals surface area (Å²) in [6.07, 6.45) is -3.58. The van der Waals surface area contributed by atoms with Crippen LogP contribution in [0.1, 0.15) is 57.7 Å². The summed E-state index contributed by atoms with van der Waals surface area (Å²) in [5, 5.41) is 11.9. The molecule has 0 aliphatic carbocycles. The number of benzene rings is 1. The molecular weight excluding hydrogens is 291 g/mol. The minimum Gasteiger partial charge on any atom is -0.392 e. The van der Waals surface area contributed by atoms with Gasteiger partial charge in [-0.25, -0.2) is 0 Å². The Morgan fingerprint density at radius 1 is 1.14 bits per heavy atom. The summed E-state index contributed by atoms with van der Waals surface area (Å²) in [5.41, 5.74) is 0.512. The van der Waals surface area contributed by atoms with Gasteiger partial charge in [0, 0.05) is 13.1 Å². The second-order valence-corrected chi connectivity index (χ2v) is 4.89. The maximum atomic E-state index is 12.5. The third-order valence-electron chi connectivity index (χ3n) is 2.23. The van der Waals surface area contributed by atoms with Gasteiger partial charge in [-0.1, -0.05) is 45.7 Å². The van der Waals surface area contributed by atoms with Crippen LogP contribution in [0.15, 0.2) is 18.2 Å². The van der Waals surface area contributed by atoms with Crippen molar-refractivity contribution in [2.45, 2.75) is 66.8 Å². The molecule has 22 heavy (non-hydrogen) atoms. The predicted octanol–water partition coefficient (Wildman–Crippen LogP) is 4.93. The van der Waals surface area contributed by atoms with E-state index in [0.717, 1.165) is 12.1 Å². The van der Waals surface area contributed by atoms with E-state index in [4.69, 9.17) is 5.11 Å². The molecular formula is C17H30F3NO. The van der Waals surface area contributed by atoms with E-state index in [0.29, 0.717) is 24.2 Å². The molecule has 0 aliphatic heterocycles. The molecule has 1 aromatic rings. The van der Waals surface area contributed by atoms with Gasteiger partial charge in [-0.3, -0.25) is 0 Å². The van der Waals surface area contributed by atoms with Gasteiger partial charge in [-0.2, -0.15) is 13.2 Å². The summed E-state index contributed by atoms with van der Waals surface area (Å²) in [5.74, 6) is 0. The van der Waals surface area contributed by atoms with Crippen LogP contribution in [0.2, 0.25) is 0 Å². The summed E-state index contributed by atoms with van der Waals surface area (Å²) < 4.78 is 37.6. The summed E-state index contributed by atoms with van der Waals surface area (Å²) >= 11 is 0. The lowest BCUT2D eigenvalue weighted by Gasteiger charge is -2.12. The van der Waals surface area contributed by atoms with E-state index in [9.17, 15) is 13.2 Å². The molecule has 0 radical (unpaired) electrons. The number of nitrogens with one attached hydrogen (secondary N) is 1. The SMILES string of the molecule is CC.CCC.Cc1cc(CNC[C@@H](C)O)cc(C(F)(F)F)c1. The van der Waals surface area contributed by atoms with E-state index < -0.39 is 17.8 Å². The van der Waals surface area contributed by atoms with E-state index in [1.165, 1.54) is 6.42 Å². The van der Waals surface area contributed by atoms with E-state index in [2.05, 4.69) is 19.2 Å². The third-order valence-corrected chi connectivity index (χ3v) is 2.23. The zero-order valence-electron chi connectivity index (χ0n) is 14.5.